The van der Waals surface area contributed by atoms with Crippen LogP contribution in [0, 0.1) is 16.7 Å². The van der Waals surface area contributed by atoms with Crippen molar-refractivity contribution in [3.8, 4) is 0 Å². The molecule has 4 nitrogen and oxygen atoms in total. The Balaban J connectivity index is 1.38. The van der Waals surface area contributed by atoms with Crippen LogP contribution < -0.4 is 5.32 Å². The first-order valence-electron chi connectivity index (χ1n) is 9.39. The van der Waals surface area contributed by atoms with Gasteiger partial charge >= 0.3 is 0 Å². The summed E-state index contributed by atoms with van der Waals surface area (Å²) in [5, 5.41) is 13.5. The summed E-state index contributed by atoms with van der Waals surface area (Å²) < 4.78 is 5.71. The number of fused-ring (bicyclic) bond motifs is 1. The molecule has 0 unspecified atom stereocenters. The Morgan fingerprint density at radius 2 is 1.86 bits per heavy atom. The molecule has 0 amide bonds. The zero-order valence-electron chi connectivity index (χ0n) is 13.9. The highest BCUT2D eigenvalue weighted by Crippen LogP contribution is 2.47. The summed E-state index contributed by atoms with van der Waals surface area (Å²) in [6.45, 7) is 6.67. The third-order valence-electron chi connectivity index (χ3n) is 7.35. The summed E-state index contributed by atoms with van der Waals surface area (Å²) in [4.78, 5) is 2.71. The van der Waals surface area contributed by atoms with E-state index in [-0.39, 0.29) is 5.41 Å². The van der Waals surface area contributed by atoms with Crippen LogP contribution in [0.4, 0.5) is 0 Å². The molecular formula is C18H32N2O2. The highest BCUT2D eigenvalue weighted by molar-refractivity contribution is 5.01. The van der Waals surface area contributed by atoms with Crippen LogP contribution in [0.1, 0.15) is 44.9 Å². The van der Waals surface area contributed by atoms with Gasteiger partial charge in [-0.2, -0.15) is 0 Å². The summed E-state index contributed by atoms with van der Waals surface area (Å²) in [6.07, 6.45) is 9.49. The maximum absolute atomic E-state index is 9.95. The van der Waals surface area contributed by atoms with E-state index < -0.39 is 0 Å². The highest BCUT2D eigenvalue weighted by atomic mass is 16.5. The molecule has 0 aromatic heterocycles. The largest absolute Gasteiger partial charge is 0.396 e. The van der Waals surface area contributed by atoms with E-state index in [1.165, 1.54) is 58.2 Å². The fourth-order valence-electron chi connectivity index (χ4n) is 5.68. The van der Waals surface area contributed by atoms with Crippen LogP contribution in [0.3, 0.4) is 0 Å². The van der Waals surface area contributed by atoms with Gasteiger partial charge in [-0.25, -0.2) is 0 Å². The number of rotatable bonds is 2. The molecule has 1 aliphatic carbocycles. The molecule has 3 aliphatic heterocycles. The van der Waals surface area contributed by atoms with E-state index in [0.717, 1.165) is 32.2 Å². The average Bonchev–Trinajstić information content (AvgIpc) is 2.96. The highest BCUT2D eigenvalue weighted by Gasteiger charge is 2.50. The molecule has 2 atom stereocenters. The van der Waals surface area contributed by atoms with Gasteiger partial charge in [-0.1, -0.05) is 0 Å². The molecule has 3 saturated heterocycles. The molecular weight excluding hydrogens is 276 g/mol. The van der Waals surface area contributed by atoms with Gasteiger partial charge in [-0.15, -0.1) is 0 Å². The second-order valence-corrected chi connectivity index (χ2v) is 8.47. The van der Waals surface area contributed by atoms with Crippen LogP contribution in [0.5, 0.6) is 0 Å². The third-order valence-corrected chi connectivity index (χ3v) is 7.35. The molecule has 4 rings (SSSR count). The van der Waals surface area contributed by atoms with E-state index in [0.29, 0.717) is 17.9 Å². The molecule has 0 radical (unpaired) electrons. The number of ether oxygens (including phenoxy) is 1. The number of piperidine rings is 1. The van der Waals surface area contributed by atoms with Crippen molar-refractivity contribution in [2.75, 3.05) is 46.0 Å². The van der Waals surface area contributed by atoms with Crippen molar-refractivity contribution in [3.05, 3.63) is 0 Å². The van der Waals surface area contributed by atoms with Gasteiger partial charge in [0.1, 0.15) is 0 Å². The van der Waals surface area contributed by atoms with Crippen molar-refractivity contribution >= 4 is 0 Å². The second-order valence-electron chi connectivity index (χ2n) is 8.47. The molecule has 4 fully saturated rings. The summed E-state index contributed by atoms with van der Waals surface area (Å²) in [5.74, 6) is 0.654. The molecule has 2 N–H and O–H groups in total. The Morgan fingerprint density at radius 3 is 2.55 bits per heavy atom. The average molecular weight is 308 g/mol. The minimum atomic E-state index is 0.0438. The maximum Gasteiger partial charge on any atom is 0.0559 e. The fourth-order valence-corrected chi connectivity index (χ4v) is 5.68. The van der Waals surface area contributed by atoms with Crippen LogP contribution in [0.25, 0.3) is 0 Å². The summed E-state index contributed by atoms with van der Waals surface area (Å²) >= 11 is 0. The normalized spacial score (nSPS) is 40.0. The molecule has 1 spiro atoms. The number of aliphatic hydroxyl groups excluding tert-OH is 1. The lowest BCUT2D eigenvalue weighted by molar-refractivity contribution is -0.0570. The number of nitrogens with one attached hydrogen (secondary N) is 1. The molecule has 0 bridgehead atoms. The molecule has 0 aromatic carbocycles. The predicted molar refractivity (Wildman–Crippen MR) is 86.8 cm³/mol. The van der Waals surface area contributed by atoms with Gasteiger partial charge in [0.15, 0.2) is 0 Å². The SMILES string of the molecule is OC[C@]12COCC[C@H]1CN(C1CCC3(CCNCC3)CC1)C2. The van der Waals surface area contributed by atoms with Gasteiger partial charge < -0.3 is 15.2 Å². The van der Waals surface area contributed by atoms with Crippen molar-refractivity contribution in [1.82, 2.24) is 10.2 Å². The Kier molecular flexibility index (Phi) is 4.22. The van der Waals surface area contributed by atoms with Gasteiger partial charge in [-0.05, 0) is 69.4 Å². The number of nitrogens with zero attached hydrogens (tertiary/aromatic N) is 1. The topological polar surface area (TPSA) is 44.7 Å². The first-order chi connectivity index (χ1) is 10.8. The number of likely N-dealkylation sites (tertiary alicyclic amines) is 1. The molecule has 22 heavy (non-hydrogen) atoms. The van der Waals surface area contributed by atoms with Crippen LogP contribution >= 0.6 is 0 Å². The van der Waals surface area contributed by atoms with Crippen LogP contribution in [-0.2, 0) is 4.74 Å². The standard InChI is InChI=1S/C18H32N2O2/c21-13-18-12-20(11-15(18)3-10-22-14-18)16-1-4-17(5-2-16)6-8-19-9-7-17/h15-16,19,21H,1-14H2/t15-,18+/m0/s1. The number of hydrogen-bond donors (Lipinski definition) is 2. The van der Waals surface area contributed by atoms with Gasteiger partial charge in [0.25, 0.3) is 0 Å². The minimum Gasteiger partial charge on any atom is -0.396 e. The third kappa shape index (κ3) is 2.62. The van der Waals surface area contributed by atoms with E-state index >= 15 is 0 Å². The van der Waals surface area contributed by atoms with E-state index in [9.17, 15) is 5.11 Å². The number of hydrogen-bond acceptors (Lipinski definition) is 4. The first kappa shape index (κ1) is 15.4. The van der Waals surface area contributed by atoms with E-state index in [2.05, 4.69) is 10.2 Å². The Bertz CT molecular complexity index is 387. The lowest BCUT2D eigenvalue weighted by Gasteiger charge is -2.45. The molecule has 0 aromatic rings. The Morgan fingerprint density at radius 1 is 1.09 bits per heavy atom. The lowest BCUT2D eigenvalue weighted by atomic mass is 9.67. The predicted octanol–water partition coefficient (Wildman–Crippen LogP) is 1.63. The smallest absolute Gasteiger partial charge is 0.0559 e. The van der Waals surface area contributed by atoms with Crippen LogP contribution in [-0.4, -0.2) is 62.0 Å². The van der Waals surface area contributed by atoms with E-state index in [1.54, 1.807) is 0 Å². The Hall–Kier alpha value is -0.160. The molecule has 3 heterocycles. The molecule has 126 valence electrons. The van der Waals surface area contributed by atoms with E-state index in [4.69, 9.17) is 4.74 Å². The molecule has 4 aliphatic rings. The maximum atomic E-state index is 9.95. The minimum absolute atomic E-state index is 0.0438. The van der Waals surface area contributed by atoms with Crippen molar-refractivity contribution in [2.24, 2.45) is 16.7 Å². The summed E-state index contributed by atoms with van der Waals surface area (Å²) in [6, 6.07) is 0.759. The van der Waals surface area contributed by atoms with Gasteiger partial charge in [0, 0.05) is 31.2 Å². The van der Waals surface area contributed by atoms with E-state index in [1.807, 2.05) is 0 Å². The fraction of sp³-hybridized carbons (Fsp3) is 1.00. The van der Waals surface area contributed by atoms with Gasteiger partial charge in [-0.3, -0.25) is 4.90 Å². The van der Waals surface area contributed by atoms with Gasteiger partial charge in [0.2, 0.25) is 0 Å². The molecule has 1 saturated carbocycles. The number of aliphatic hydroxyl groups is 1. The first-order valence-corrected chi connectivity index (χ1v) is 9.39. The second kappa shape index (κ2) is 6.04. The van der Waals surface area contributed by atoms with Crippen molar-refractivity contribution in [3.63, 3.8) is 0 Å². The zero-order valence-corrected chi connectivity index (χ0v) is 13.9. The summed E-state index contributed by atoms with van der Waals surface area (Å²) in [5.41, 5.74) is 0.703. The van der Waals surface area contributed by atoms with Crippen molar-refractivity contribution in [1.29, 1.82) is 0 Å². The zero-order chi connectivity index (χ0) is 15.0. The summed E-state index contributed by atoms with van der Waals surface area (Å²) in [7, 11) is 0. The van der Waals surface area contributed by atoms with Crippen molar-refractivity contribution in [2.45, 2.75) is 51.0 Å². The van der Waals surface area contributed by atoms with Crippen LogP contribution in [0.2, 0.25) is 0 Å². The monoisotopic (exact) mass is 308 g/mol. The van der Waals surface area contributed by atoms with Crippen LogP contribution in [0.15, 0.2) is 0 Å². The quantitative estimate of drug-likeness (QED) is 0.814. The Labute approximate surface area is 134 Å². The van der Waals surface area contributed by atoms with Gasteiger partial charge in [0.05, 0.1) is 13.2 Å². The lowest BCUT2D eigenvalue weighted by Crippen LogP contribution is -2.45. The molecule has 4 heteroatoms. The van der Waals surface area contributed by atoms with Crippen molar-refractivity contribution < 1.29 is 9.84 Å².